The normalized spacial score (nSPS) is 22.6. The van der Waals surface area contributed by atoms with E-state index in [1.165, 1.54) is 12.1 Å². The highest BCUT2D eigenvalue weighted by molar-refractivity contribution is 5.85. The molecule has 3 aliphatic heterocycles. The first kappa shape index (κ1) is 31.4. The second kappa shape index (κ2) is 13.0. The monoisotopic (exact) mass is 587 g/mol. The van der Waals surface area contributed by atoms with Crippen LogP contribution < -0.4 is 20.5 Å². The number of hydrogen-bond acceptors (Lipinski definition) is 6. The average Bonchev–Trinajstić information content (AvgIpc) is 2.92. The Morgan fingerprint density at radius 3 is 1.92 bits per heavy atom. The first-order valence-electron chi connectivity index (χ1n) is 13.2. The van der Waals surface area contributed by atoms with E-state index in [9.17, 15) is 13.2 Å². The third-order valence-corrected chi connectivity index (χ3v) is 7.87. The van der Waals surface area contributed by atoms with Crippen LogP contribution in [0.4, 0.5) is 13.2 Å². The number of nitrogens with zero attached hydrogens (tertiary/aromatic N) is 4. The number of benzene rings is 2. The molecule has 2 fully saturated rings. The predicted molar refractivity (Wildman–Crippen MR) is 153 cm³/mol. The molecule has 2 saturated heterocycles. The summed E-state index contributed by atoms with van der Waals surface area (Å²) in [6.45, 7) is 13.8. The van der Waals surface area contributed by atoms with E-state index >= 15 is 0 Å². The predicted octanol–water partition coefficient (Wildman–Crippen LogP) is 3.01. The van der Waals surface area contributed by atoms with Crippen molar-refractivity contribution in [3.8, 4) is 5.75 Å². The fourth-order valence-corrected chi connectivity index (χ4v) is 5.72. The zero-order valence-corrected chi connectivity index (χ0v) is 24.0. The summed E-state index contributed by atoms with van der Waals surface area (Å²) in [5, 5.41) is 6.21. The lowest BCUT2D eigenvalue weighted by Crippen LogP contribution is -2.65. The number of likely N-dealkylation sites (N-methyl/N-ethyl adjacent to an activating group) is 2. The molecule has 39 heavy (non-hydrogen) atoms. The molecule has 2 aromatic rings. The van der Waals surface area contributed by atoms with Crippen molar-refractivity contribution in [2.45, 2.75) is 25.9 Å². The summed E-state index contributed by atoms with van der Waals surface area (Å²) < 4.78 is 42.7. The standard InChI is InChI=1S/C28H36F3N5O.2ClH/c1-3-33-13-17-35(18-14-33)26-25-8-6-5-7-22(25)21-27(32-26,36-19-15-34(4-2)16-20-36)23-9-11-24(12-10-23)37-28(29,30)31;;/h5-12,21,32H,3-4,13-20H2,1-2H3;2*1H. The van der Waals surface area contributed by atoms with Gasteiger partial charge in [-0.2, -0.15) is 0 Å². The molecule has 216 valence electrons. The molecule has 0 saturated carbocycles. The van der Waals surface area contributed by atoms with Crippen LogP contribution >= 0.6 is 24.8 Å². The first-order valence-corrected chi connectivity index (χ1v) is 13.2. The van der Waals surface area contributed by atoms with Crippen LogP contribution in [0.1, 0.15) is 19.4 Å². The fourth-order valence-electron chi connectivity index (χ4n) is 5.72. The van der Waals surface area contributed by atoms with Crippen LogP contribution in [0.15, 0.2) is 48.5 Å². The molecule has 5 rings (SSSR count). The Morgan fingerprint density at radius 2 is 1.36 bits per heavy atom. The van der Waals surface area contributed by atoms with Gasteiger partial charge >= 0.3 is 6.36 Å². The van der Waals surface area contributed by atoms with Gasteiger partial charge in [0.05, 0.1) is 0 Å². The lowest BCUT2D eigenvalue weighted by atomic mass is 9.91. The third kappa shape index (κ3) is 6.77. The van der Waals surface area contributed by atoms with Gasteiger partial charge in [0.15, 0.2) is 0 Å². The second-order valence-electron chi connectivity index (χ2n) is 9.89. The highest BCUT2D eigenvalue weighted by atomic mass is 35.5. The minimum atomic E-state index is -4.72. The number of ether oxygens (including phenoxy) is 1. The summed E-state index contributed by atoms with van der Waals surface area (Å²) in [5.74, 6) is 0.876. The maximum Gasteiger partial charge on any atom is 0.573 e. The van der Waals surface area contributed by atoms with Gasteiger partial charge in [-0.1, -0.05) is 50.2 Å². The summed E-state index contributed by atoms with van der Waals surface area (Å²) in [5.41, 5.74) is 0.202. The molecule has 11 heteroatoms. The highest BCUT2D eigenvalue weighted by Crippen LogP contribution is 2.34. The number of nitrogens with one attached hydrogen (secondary N) is 1. The first-order chi connectivity index (χ1) is 17.8. The second-order valence-corrected chi connectivity index (χ2v) is 9.89. The van der Waals surface area contributed by atoms with Gasteiger partial charge in [-0.05, 0) is 42.1 Å². The summed E-state index contributed by atoms with van der Waals surface area (Å²) in [6.07, 6.45) is -2.47. The molecule has 0 spiro atoms. The van der Waals surface area contributed by atoms with E-state index in [0.29, 0.717) is 0 Å². The Hall–Kier alpha value is -2.17. The molecule has 1 unspecified atom stereocenters. The van der Waals surface area contributed by atoms with Crippen LogP contribution in [0.3, 0.4) is 0 Å². The Labute approximate surface area is 240 Å². The number of hydrogen-bond donors (Lipinski definition) is 1. The molecule has 2 aromatic carbocycles. The van der Waals surface area contributed by atoms with Crippen LogP contribution in [0.5, 0.6) is 5.75 Å². The summed E-state index contributed by atoms with van der Waals surface area (Å²) >= 11 is 0. The van der Waals surface area contributed by atoms with Crippen molar-refractivity contribution in [3.05, 3.63) is 64.5 Å². The Balaban J connectivity index is 0.00000210. The molecular weight excluding hydrogens is 550 g/mol. The molecule has 0 amide bonds. The van der Waals surface area contributed by atoms with Gasteiger partial charge in [0.1, 0.15) is 17.2 Å². The molecule has 0 radical (unpaired) electrons. The number of halogens is 5. The molecule has 0 aliphatic carbocycles. The molecule has 0 bridgehead atoms. The Bertz CT molecular complexity index is 1200. The van der Waals surface area contributed by atoms with Gasteiger partial charge in [0.2, 0.25) is 0 Å². The molecule has 3 heterocycles. The van der Waals surface area contributed by atoms with Crippen molar-refractivity contribution in [1.82, 2.24) is 24.9 Å². The maximum absolute atomic E-state index is 12.8. The van der Waals surface area contributed by atoms with Crippen LogP contribution in [0.2, 0.25) is 0 Å². The van der Waals surface area contributed by atoms with E-state index in [0.717, 1.165) is 87.3 Å². The molecule has 6 nitrogen and oxygen atoms in total. The van der Waals surface area contributed by atoms with E-state index in [1.807, 2.05) is 6.07 Å². The van der Waals surface area contributed by atoms with Crippen molar-refractivity contribution in [2.24, 2.45) is 0 Å². The zero-order valence-electron chi connectivity index (χ0n) is 22.4. The SMILES string of the molecule is CCN1CCN(C2=c3ccccc3=CC(c3ccc(OC(F)(F)F)cc3)(N3CCN(CC)CC3)N2)CC1.Cl.Cl. The van der Waals surface area contributed by atoms with Gasteiger partial charge in [-0.15, -0.1) is 38.0 Å². The minimum absolute atomic E-state index is 0. The van der Waals surface area contributed by atoms with Gasteiger partial charge in [-0.25, -0.2) is 0 Å². The van der Waals surface area contributed by atoms with Crippen molar-refractivity contribution in [3.63, 3.8) is 0 Å². The van der Waals surface area contributed by atoms with Gasteiger partial charge in [0, 0.05) is 57.6 Å². The fraction of sp³-hybridized carbons (Fsp3) is 0.500. The van der Waals surface area contributed by atoms with Gasteiger partial charge in [-0.3, -0.25) is 4.90 Å². The largest absolute Gasteiger partial charge is 0.573 e. The molecule has 1 N–H and O–H groups in total. The smallest absolute Gasteiger partial charge is 0.406 e. The van der Waals surface area contributed by atoms with Gasteiger partial charge < -0.3 is 24.8 Å². The van der Waals surface area contributed by atoms with Crippen LogP contribution in [0, 0.1) is 0 Å². The number of fused-ring (bicyclic) bond motifs is 1. The number of alkyl halides is 3. The lowest BCUT2D eigenvalue weighted by Gasteiger charge is -2.50. The van der Waals surface area contributed by atoms with Crippen molar-refractivity contribution >= 4 is 36.7 Å². The van der Waals surface area contributed by atoms with E-state index in [4.69, 9.17) is 0 Å². The van der Waals surface area contributed by atoms with Gasteiger partial charge in [0.25, 0.3) is 0 Å². The molecule has 1 atom stereocenters. The van der Waals surface area contributed by atoms with Crippen LogP contribution in [0.25, 0.3) is 11.9 Å². The van der Waals surface area contributed by atoms with Crippen LogP contribution in [-0.2, 0) is 5.66 Å². The molecular formula is C28H38Cl2F3N5O. The van der Waals surface area contributed by atoms with E-state index in [-0.39, 0.29) is 30.6 Å². The van der Waals surface area contributed by atoms with Crippen molar-refractivity contribution in [2.75, 3.05) is 65.4 Å². The summed E-state index contributed by atoms with van der Waals surface area (Å²) in [4.78, 5) is 9.73. The maximum atomic E-state index is 12.8. The van der Waals surface area contributed by atoms with E-state index in [2.05, 4.69) is 67.8 Å². The zero-order chi connectivity index (χ0) is 26.0. The number of piperazine rings is 2. The summed E-state index contributed by atoms with van der Waals surface area (Å²) in [6, 6.07) is 14.8. The van der Waals surface area contributed by atoms with Crippen LogP contribution in [-0.4, -0.2) is 91.4 Å². The number of rotatable bonds is 6. The third-order valence-electron chi connectivity index (χ3n) is 7.87. The minimum Gasteiger partial charge on any atom is -0.406 e. The molecule has 0 aromatic heterocycles. The quantitative estimate of drug-likeness (QED) is 0.560. The topological polar surface area (TPSA) is 34.2 Å². The summed E-state index contributed by atoms with van der Waals surface area (Å²) in [7, 11) is 0. The Kier molecular flexibility index (Phi) is 10.5. The molecule has 3 aliphatic rings. The highest BCUT2D eigenvalue weighted by Gasteiger charge is 2.41. The Morgan fingerprint density at radius 1 is 0.795 bits per heavy atom. The van der Waals surface area contributed by atoms with E-state index in [1.54, 1.807) is 12.1 Å². The van der Waals surface area contributed by atoms with E-state index < -0.39 is 12.0 Å². The average molecular weight is 589 g/mol. The van der Waals surface area contributed by atoms with Crippen molar-refractivity contribution < 1.29 is 17.9 Å². The lowest BCUT2D eigenvalue weighted by molar-refractivity contribution is -0.274. The van der Waals surface area contributed by atoms with Crippen molar-refractivity contribution in [1.29, 1.82) is 0 Å².